The molecule has 164 valence electrons. The molecular weight excluding hydrogens is 451 g/mol. The van der Waals surface area contributed by atoms with Gasteiger partial charge in [-0.15, -0.1) is 12.4 Å². The van der Waals surface area contributed by atoms with E-state index in [2.05, 4.69) is 15.3 Å². The van der Waals surface area contributed by atoms with E-state index >= 15 is 0 Å². The first kappa shape index (κ1) is 26.1. The van der Waals surface area contributed by atoms with Gasteiger partial charge in [0, 0.05) is 25.5 Å². The summed E-state index contributed by atoms with van der Waals surface area (Å²) in [6.07, 6.45) is 6.05. The number of carboxylic acids is 1. The molecule has 0 atom stereocenters. The molecule has 0 bridgehead atoms. The van der Waals surface area contributed by atoms with Gasteiger partial charge in [0.15, 0.2) is 0 Å². The number of nitrogens with one attached hydrogen (secondary N) is 1. The number of pyridine rings is 2. The first-order chi connectivity index (χ1) is 13.9. The lowest BCUT2D eigenvalue weighted by Gasteiger charge is -2.30. The second kappa shape index (κ2) is 14.1. The van der Waals surface area contributed by atoms with Crippen molar-refractivity contribution in [3.8, 4) is 0 Å². The summed E-state index contributed by atoms with van der Waals surface area (Å²) in [7, 11) is 0. The Labute approximate surface area is 192 Å². The molecular formula is C20H25Cl3N4O3. The fourth-order valence-electron chi connectivity index (χ4n) is 2.23. The number of hydrogen-bond acceptors (Lipinski definition) is 5. The molecule has 0 unspecified atom stereocenters. The van der Waals surface area contributed by atoms with E-state index in [9.17, 15) is 9.59 Å². The van der Waals surface area contributed by atoms with E-state index in [0.29, 0.717) is 22.3 Å². The molecule has 0 spiro atoms. The molecule has 2 fully saturated rings. The van der Waals surface area contributed by atoms with Gasteiger partial charge in [-0.2, -0.15) is 0 Å². The van der Waals surface area contributed by atoms with Crippen LogP contribution in [0.5, 0.6) is 0 Å². The third-order valence-corrected chi connectivity index (χ3v) is 4.65. The van der Waals surface area contributed by atoms with E-state index < -0.39 is 5.97 Å². The molecule has 2 aliphatic heterocycles. The Kier molecular flexibility index (Phi) is 12.3. The number of carbonyl (C=O) groups is 2. The second-order valence-electron chi connectivity index (χ2n) is 6.56. The van der Waals surface area contributed by atoms with Crippen molar-refractivity contribution in [1.82, 2.24) is 20.2 Å². The molecule has 1 amide bonds. The summed E-state index contributed by atoms with van der Waals surface area (Å²) >= 11 is 11.1. The molecule has 7 nitrogen and oxygen atoms in total. The lowest BCUT2D eigenvalue weighted by molar-refractivity contribution is -0.136. The monoisotopic (exact) mass is 474 g/mol. The zero-order valence-corrected chi connectivity index (χ0v) is 18.7. The van der Waals surface area contributed by atoms with Crippen molar-refractivity contribution in [2.24, 2.45) is 0 Å². The van der Waals surface area contributed by atoms with Crippen molar-refractivity contribution < 1.29 is 14.7 Å². The molecule has 2 saturated heterocycles. The highest BCUT2D eigenvalue weighted by Crippen LogP contribution is 2.11. The number of nitrogens with zero attached hydrogens (tertiary/aromatic N) is 3. The molecule has 2 aromatic heterocycles. The molecule has 0 aliphatic carbocycles. The van der Waals surface area contributed by atoms with Crippen LogP contribution >= 0.6 is 35.6 Å². The van der Waals surface area contributed by atoms with Crippen molar-refractivity contribution in [1.29, 1.82) is 0 Å². The van der Waals surface area contributed by atoms with Crippen LogP contribution in [0.15, 0.2) is 36.7 Å². The smallest absolute Gasteiger partial charge is 0.307 e. The van der Waals surface area contributed by atoms with Crippen LogP contribution in [0.3, 0.4) is 0 Å². The van der Waals surface area contributed by atoms with E-state index in [0.717, 1.165) is 25.1 Å². The van der Waals surface area contributed by atoms with Crippen molar-refractivity contribution in [3.63, 3.8) is 0 Å². The fourth-order valence-corrected chi connectivity index (χ4v) is 2.45. The topological polar surface area (TPSA) is 95.4 Å². The van der Waals surface area contributed by atoms with E-state index in [1.807, 2.05) is 11.0 Å². The summed E-state index contributed by atoms with van der Waals surface area (Å²) in [5.41, 5.74) is 1.58. The summed E-state index contributed by atoms with van der Waals surface area (Å²) in [4.78, 5) is 31.3. The van der Waals surface area contributed by atoms with Crippen LogP contribution in [-0.2, 0) is 22.4 Å². The van der Waals surface area contributed by atoms with Crippen LogP contribution in [0.4, 0.5) is 0 Å². The minimum atomic E-state index is -0.867. The maximum Gasteiger partial charge on any atom is 0.307 e. The number of carbonyl (C=O) groups excluding carboxylic acids is 1. The number of amides is 1. The quantitative estimate of drug-likeness (QED) is 0.659. The molecule has 10 heteroatoms. The van der Waals surface area contributed by atoms with E-state index in [1.54, 1.807) is 24.4 Å². The van der Waals surface area contributed by atoms with E-state index in [1.165, 1.54) is 25.7 Å². The van der Waals surface area contributed by atoms with Crippen LogP contribution in [0.25, 0.3) is 0 Å². The SMILES string of the molecule is C1CNC1.Cl.O=C(Cc1ccc(Cl)nc1)N1CCC1.O=C(O)Cc1ccc(Cl)nc1. The van der Waals surface area contributed by atoms with Gasteiger partial charge in [0.25, 0.3) is 0 Å². The molecule has 4 rings (SSSR count). The minimum Gasteiger partial charge on any atom is -0.481 e. The molecule has 2 aliphatic rings. The predicted octanol–water partition coefficient (Wildman–Crippen LogP) is 3.27. The Balaban J connectivity index is 0.000000251. The van der Waals surface area contributed by atoms with Crippen LogP contribution in [-0.4, -0.2) is 58.0 Å². The number of carboxylic acid groups (broad SMARTS) is 1. The third-order valence-electron chi connectivity index (χ3n) is 4.20. The molecule has 0 radical (unpaired) electrons. The van der Waals surface area contributed by atoms with Gasteiger partial charge in [0.1, 0.15) is 10.3 Å². The highest BCUT2D eigenvalue weighted by Gasteiger charge is 2.19. The van der Waals surface area contributed by atoms with E-state index in [4.69, 9.17) is 28.3 Å². The summed E-state index contributed by atoms with van der Waals surface area (Å²) in [5.74, 6) is -0.686. The number of halogens is 3. The Bertz CT molecular complexity index is 777. The molecule has 4 heterocycles. The van der Waals surface area contributed by atoms with Gasteiger partial charge in [-0.25, -0.2) is 9.97 Å². The van der Waals surface area contributed by atoms with Crippen LogP contribution in [0.2, 0.25) is 10.3 Å². The Hall–Kier alpha value is -1.93. The highest BCUT2D eigenvalue weighted by atomic mass is 35.5. The zero-order valence-electron chi connectivity index (χ0n) is 16.4. The first-order valence-electron chi connectivity index (χ1n) is 9.35. The minimum absolute atomic E-state index is 0. The maximum absolute atomic E-state index is 11.5. The lowest BCUT2D eigenvalue weighted by Crippen LogP contribution is -2.42. The van der Waals surface area contributed by atoms with Crippen molar-refractivity contribution in [2.75, 3.05) is 26.2 Å². The van der Waals surface area contributed by atoms with Gasteiger partial charge in [-0.1, -0.05) is 35.3 Å². The van der Waals surface area contributed by atoms with Gasteiger partial charge in [-0.05, 0) is 49.2 Å². The van der Waals surface area contributed by atoms with Gasteiger partial charge in [-0.3, -0.25) is 9.59 Å². The standard InChI is InChI=1S/C10H11ClN2O.C7H6ClNO2.C3H7N.ClH/c11-9-3-2-8(7-12-9)6-10(14)13-4-1-5-13;8-6-2-1-5(4-9-6)3-7(10)11;1-2-4-3-1;/h2-3,7H,1,4-6H2;1-2,4H,3H2,(H,10,11);4H,1-3H2;1H. The molecule has 30 heavy (non-hydrogen) atoms. The Morgan fingerprint density at radius 1 is 0.933 bits per heavy atom. The summed E-state index contributed by atoms with van der Waals surface area (Å²) < 4.78 is 0. The predicted molar refractivity (Wildman–Crippen MR) is 119 cm³/mol. The number of hydrogen-bond donors (Lipinski definition) is 2. The van der Waals surface area contributed by atoms with Crippen molar-refractivity contribution >= 4 is 47.5 Å². The summed E-state index contributed by atoms with van der Waals surface area (Å²) in [5, 5.41) is 12.3. The van der Waals surface area contributed by atoms with Gasteiger partial charge in [0.2, 0.25) is 5.91 Å². The number of rotatable bonds is 4. The lowest BCUT2D eigenvalue weighted by atomic mass is 10.1. The van der Waals surface area contributed by atoms with Crippen LogP contribution in [0.1, 0.15) is 24.0 Å². The largest absolute Gasteiger partial charge is 0.481 e. The average molecular weight is 476 g/mol. The normalized spacial score (nSPS) is 13.7. The third kappa shape index (κ3) is 10.2. The molecule has 2 N–H and O–H groups in total. The van der Waals surface area contributed by atoms with Gasteiger partial charge < -0.3 is 15.3 Å². The average Bonchev–Trinajstić information content (AvgIpc) is 2.56. The number of aromatic nitrogens is 2. The summed E-state index contributed by atoms with van der Waals surface area (Å²) in [6.45, 7) is 4.31. The Morgan fingerprint density at radius 2 is 1.40 bits per heavy atom. The number of aliphatic carboxylic acids is 1. The second-order valence-corrected chi connectivity index (χ2v) is 7.34. The van der Waals surface area contributed by atoms with Gasteiger partial charge in [0.05, 0.1) is 12.8 Å². The molecule has 0 aromatic carbocycles. The highest BCUT2D eigenvalue weighted by molar-refractivity contribution is 6.29. The zero-order chi connectivity index (χ0) is 21.1. The molecule has 0 saturated carbocycles. The fraction of sp³-hybridized carbons (Fsp3) is 0.400. The van der Waals surface area contributed by atoms with Crippen LogP contribution in [0, 0.1) is 0 Å². The van der Waals surface area contributed by atoms with Crippen molar-refractivity contribution in [3.05, 3.63) is 58.1 Å². The molecule has 2 aromatic rings. The van der Waals surface area contributed by atoms with Crippen molar-refractivity contribution in [2.45, 2.75) is 25.7 Å². The summed E-state index contributed by atoms with van der Waals surface area (Å²) in [6, 6.07) is 6.76. The first-order valence-corrected chi connectivity index (χ1v) is 10.1. The number of likely N-dealkylation sites (tertiary alicyclic amines) is 1. The Morgan fingerprint density at radius 3 is 1.70 bits per heavy atom. The van der Waals surface area contributed by atoms with Gasteiger partial charge >= 0.3 is 5.97 Å². The van der Waals surface area contributed by atoms with E-state index in [-0.39, 0.29) is 24.7 Å². The van der Waals surface area contributed by atoms with Crippen LogP contribution < -0.4 is 5.32 Å². The maximum atomic E-state index is 11.5.